The van der Waals surface area contributed by atoms with E-state index in [4.69, 9.17) is 34.2 Å². The Kier molecular flexibility index (Phi) is 4.40. The lowest BCUT2D eigenvalue weighted by Crippen LogP contribution is -2.09. The highest BCUT2D eigenvalue weighted by Crippen LogP contribution is 2.31. The van der Waals surface area contributed by atoms with Crippen LogP contribution in [0.2, 0.25) is 10.0 Å². The molecule has 0 saturated carbocycles. The fourth-order valence-electron chi connectivity index (χ4n) is 2.75. The number of anilines is 1. The van der Waals surface area contributed by atoms with E-state index in [1.54, 1.807) is 53.4 Å². The second-order valence-electron chi connectivity index (χ2n) is 5.87. The molecule has 2 N–H and O–H groups in total. The smallest absolute Gasteiger partial charge is 0.166 e. The molecule has 0 radical (unpaired) electrons. The summed E-state index contributed by atoms with van der Waals surface area (Å²) in [5.74, 6) is 1.38. The minimum absolute atomic E-state index is 0.291. The standard InChI is InChI=1S/C19H12Cl2N6/c20-14-2-1-3-15(21)13(14)9-27-10-24-17(23)16-19(27)26-18(25-16)12-6-4-11(8-22)5-7-12/h1-7,10H,9,23H2. The third-order valence-corrected chi connectivity index (χ3v) is 4.86. The van der Waals surface area contributed by atoms with Crippen molar-refractivity contribution in [2.24, 2.45) is 0 Å². The highest BCUT2D eigenvalue weighted by Gasteiger charge is 2.20. The number of benzene rings is 2. The average molecular weight is 395 g/mol. The molecule has 0 aliphatic carbocycles. The molecule has 2 aliphatic heterocycles. The maximum atomic E-state index is 8.94. The van der Waals surface area contributed by atoms with Crippen LogP contribution in [0, 0.1) is 11.3 Å². The van der Waals surface area contributed by atoms with Crippen molar-refractivity contribution in [3.8, 4) is 29.0 Å². The topological polar surface area (TPSA) is 93.4 Å². The number of aromatic nitrogens is 4. The Morgan fingerprint density at radius 3 is 2.41 bits per heavy atom. The Morgan fingerprint density at radius 1 is 1.04 bits per heavy atom. The number of halogens is 2. The van der Waals surface area contributed by atoms with Gasteiger partial charge in [0.05, 0.1) is 24.5 Å². The third kappa shape index (κ3) is 3.19. The summed E-state index contributed by atoms with van der Waals surface area (Å²) in [6.45, 7) is 0.383. The first-order chi connectivity index (χ1) is 13.1. The first-order valence-corrected chi connectivity index (χ1v) is 8.74. The largest absolute Gasteiger partial charge is 0.382 e. The number of hydrogen-bond donors (Lipinski definition) is 1. The number of rotatable bonds is 3. The number of hydrogen-bond acceptors (Lipinski definition) is 5. The fraction of sp³-hybridized carbons (Fsp3) is 0.0526. The van der Waals surface area contributed by atoms with Gasteiger partial charge in [-0.05, 0) is 36.4 Å². The molecule has 6 nitrogen and oxygen atoms in total. The number of nitriles is 1. The molecule has 0 saturated heterocycles. The second-order valence-corrected chi connectivity index (χ2v) is 6.68. The molecule has 132 valence electrons. The number of nitrogens with two attached hydrogens (primary N) is 1. The highest BCUT2D eigenvalue weighted by molar-refractivity contribution is 6.36. The van der Waals surface area contributed by atoms with E-state index in [-0.39, 0.29) is 0 Å². The quantitative estimate of drug-likeness (QED) is 0.560. The Morgan fingerprint density at radius 2 is 1.74 bits per heavy atom. The number of imidazole rings is 1. The molecule has 8 heteroatoms. The van der Waals surface area contributed by atoms with Gasteiger partial charge in [0.2, 0.25) is 0 Å². The van der Waals surface area contributed by atoms with Crippen LogP contribution in [0.25, 0.3) is 22.9 Å². The van der Waals surface area contributed by atoms with Crippen LogP contribution >= 0.6 is 23.2 Å². The van der Waals surface area contributed by atoms with Gasteiger partial charge in [0.25, 0.3) is 0 Å². The van der Waals surface area contributed by atoms with Gasteiger partial charge in [-0.15, -0.1) is 0 Å². The summed E-state index contributed by atoms with van der Waals surface area (Å²) in [5, 5.41) is 10.1. The van der Waals surface area contributed by atoms with Crippen LogP contribution in [-0.4, -0.2) is 19.5 Å². The Labute approximate surface area is 165 Å². The van der Waals surface area contributed by atoms with Crippen LogP contribution in [-0.2, 0) is 6.54 Å². The molecule has 2 aromatic carbocycles. The Balaban J connectivity index is 1.80. The fourth-order valence-corrected chi connectivity index (χ4v) is 3.26. The number of nitrogens with zero attached hydrogens (tertiary/aromatic N) is 5. The maximum absolute atomic E-state index is 8.94. The van der Waals surface area contributed by atoms with Crippen molar-refractivity contribution < 1.29 is 0 Å². The van der Waals surface area contributed by atoms with Gasteiger partial charge in [-0.2, -0.15) is 5.26 Å². The van der Waals surface area contributed by atoms with Crippen molar-refractivity contribution in [3.05, 3.63) is 70.0 Å². The van der Waals surface area contributed by atoms with Crippen LogP contribution in [0.3, 0.4) is 0 Å². The van der Waals surface area contributed by atoms with E-state index in [0.29, 0.717) is 45.3 Å². The highest BCUT2D eigenvalue weighted by atomic mass is 35.5. The molecule has 4 rings (SSSR count). The molecule has 0 fully saturated rings. The maximum Gasteiger partial charge on any atom is 0.166 e. The van der Waals surface area contributed by atoms with Gasteiger partial charge in [-0.25, -0.2) is 15.0 Å². The van der Waals surface area contributed by atoms with Crippen molar-refractivity contribution >= 4 is 29.0 Å². The molecular weight excluding hydrogens is 383 g/mol. The summed E-state index contributed by atoms with van der Waals surface area (Å²) in [6.07, 6.45) is 1.59. The monoisotopic (exact) mass is 394 g/mol. The van der Waals surface area contributed by atoms with Crippen molar-refractivity contribution in [1.82, 2.24) is 19.5 Å². The molecule has 0 aromatic heterocycles. The van der Waals surface area contributed by atoms with Gasteiger partial charge in [0.15, 0.2) is 23.2 Å². The summed E-state index contributed by atoms with van der Waals surface area (Å²) >= 11 is 12.6. The zero-order chi connectivity index (χ0) is 19.0. The molecule has 2 aliphatic rings. The van der Waals surface area contributed by atoms with Crippen LogP contribution in [0.15, 0.2) is 48.8 Å². The minimum Gasteiger partial charge on any atom is -0.382 e. The summed E-state index contributed by atoms with van der Waals surface area (Å²) in [6, 6.07) is 14.5. The summed E-state index contributed by atoms with van der Waals surface area (Å²) in [7, 11) is 0. The zero-order valence-corrected chi connectivity index (χ0v) is 15.4. The first kappa shape index (κ1) is 17.3. The van der Waals surface area contributed by atoms with Crippen LogP contribution < -0.4 is 5.73 Å². The van der Waals surface area contributed by atoms with Gasteiger partial charge < -0.3 is 10.3 Å². The molecule has 0 amide bonds. The van der Waals surface area contributed by atoms with E-state index in [1.807, 2.05) is 0 Å². The first-order valence-electron chi connectivity index (χ1n) is 7.98. The second kappa shape index (κ2) is 6.88. The molecular formula is C19H12Cl2N6. The van der Waals surface area contributed by atoms with E-state index in [0.717, 1.165) is 11.1 Å². The summed E-state index contributed by atoms with van der Waals surface area (Å²) < 4.78 is 1.80. The molecule has 0 atom stereocenters. The molecule has 2 aromatic rings. The molecule has 0 spiro atoms. The predicted molar refractivity (Wildman–Crippen MR) is 105 cm³/mol. The van der Waals surface area contributed by atoms with Crippen LogP contribution in [0.1, 0.15) is 11.1 Å². The van der Waals surface area contributed by atoms with Crippen molar-refractivity contribution in [2.75, 3.05) is 5.73 Å². The number of nitrogen functional groups attached to an aromatic ring is 1. The Bertz CT molecular complexity index is 1120. The van der Waals surface area contributed by atoms with Crippen LogP contribution in [0.5, 0.6) is 0 Å². The van der Waals surface area contributed by atoms with E-state index in [9.17, 15) is 0 Å². The van der Waals surface area contributed by atoms with E-state index in [2.05, 4.69) is 21.0 Å². The van der Waals surface area contributed by atoms with Crippen LogP contribution in [0.4, 0.5) is 5.82 Å². The van der Waals surface area contributed by atoms with Crippen molar-refractivity contribution in [3.63, 3.8) is 0 Å². The molecule has 27 heavy (non-hydrogen) atoms. The van der Waals surface area contributed by atoms with E-state index >= 15 is 0 Å². The van der Waals surface area contributed by atoms with Gasteiger partial charge in [-0.3, -0.25) is 0 Å². The Hall–Kier alpha value is -3.14. The summed E-state index contributed by atoms with van der Waals surface area (Å²) in [4.78, 5) is 13.3. The SMILES string of the molecule is N#Cc1ccc(-c2nc3c(N)ncn(Cc4c(Cl)cccc4Cl)c-3n2)cc1. The number of fused-ring (bicyclic) bond motifs is 1. The van der Waals surface area contributed by atoms with Gasteiger partial charge in [-0.1, -0.05) is 29.3 Å². The van der Waals surface area contributed by atoms with E-state index in [1.165, 1.54) is 0 Å². The predicted octanol–water partition coefficient (Wildman–Crippen LogP) is 4.25. The lowest BCUT2D eigenvalue weighted by Gasteiger charge is -2.13. The van der Waals surface area contributed by atoms with Crippen molar-refractivity contribution in [2.45, 2.75) is 6.54 Å². The lowest BCUT2D eigenvalue weighted by atomic mass is 10.1. The summed E-state index contributed by atoms with van der Waals surface area (Å²) in [5.41, 5.74) is 8.61. The van der Waals surface area contributed by atoms with Gasteiger partial charge >= 0.3 is 0 Å². The van der Waals surface area contributed by atoms with Gasteiger partial charge in [0.1, 0.15) is 0 Å². The normalized spacial score (nSPS) is 10.9. The van der Waals surface area contributed by atoms with Gasteiger partial charge in [0, 0.05) is 21.2 Å². The molecule has 0 unspecified atom stereocenters. The van der Waals surface area contributed by atoms with E-state index < -0.39 is 0 Å². The average Bonchev–Trinajstić information content (AvgIpc) is 3.13. The lowest BCUT2D eigenvalue weighted by molar-refractivity contribution is 0.763. The molecule has 2 heterocycles. The molecule has 0 bridgehead atoms. The third-order valence-electron chi connectivity index (χ3n) is 4.15. The minimum atomic E-state index is 0.291. The van der Waals surface area contributed by atoms with Crippen molar-refractivity contribution in [1.29, 1.82) is 5.26 Å². The zero-order valence-electron chi connectivity index (χ0n) is 13.9.